The van der Waals surface area contributed by atoms with Gasteiger partial charge in [0.15, 0.2) is 5.82 Å². The summed E-state index contributed by atoms with van der Waals surface area (Å²) in [6.07, 6.45) is 2.12. The Morgan fingerprint density at radius 1 is 0.872 bits per heavy atom. The zero-order chi connectivity index (χ0) is 26.2. The lowest BCUT2D eigenvalue weighted by Gasteiger charge is -2.30. The van der Waals surface area contributed by atoms with Crippen LogP contribution in [0.5, 0.6) is 0 Å². The highest BCUT2D eigenvalue weighted by atomic mass is 32.1. The Hall–Kier alpha value is -4.21. The molecule has 4 aromatic heterocycles. The average molecular weight is 533 g/mol. The molecule has 6 aromatic rings. The minimum atomic E-state index is 0.397. The molecule has 9 heteroatoms. The number of piperidine rings is 1. The SMILES string of the molecule is Cc1cccc(-c2nnc(C3CCN(Cc4ccc(-c5c(-c6ccccc6)nc6scnn56)cc4)CC3)[nH]2)n1. The summed E-state index contributed by atoms with van der Waals surface area (Å²) in [6, 6.07) is 25.2. The van der Waals surface area contributed by atoms with E-state index < -0.39 is 0 Å². The van der Waals surface area contributed by atoms with Crippen molar-refractivity contribution in [3.05, 3.63) is 95.4 Å². The van der Waals surface area contributed by atoms with E-state index in [1.165, 1.54) is 5.56 Å². The first-order chi connectivity index (χ1) is 19.2. The van der Waals surface area contributed by atoms with Crippen molar-refractivity contribution in [2.75, 3.05) is 13.1 Å². The molecular formula is C30H28N8S. The Morgan fingerprint density at radius 2 is 1.69 bits per heavy atom. The molecular weight excluding hydrogens is 504 g/mol. The van der Waals surface area contributed by atoms with E-state index in [0.29, 0.717) is 5.92 Å². The molecule has 0 atom stereocenters. The highest BCUT2D eigenvalue weighted by Gasteiger charge is 2.24. The first-order valence-electron chi connectivity index (χ1n) is 13.3. The van der Waals surface area contributed by atoms with Crippen LogP contribution in [-0.4, -0.2) is 52.8 Å². The van der Waals surface area contributed by atoms with Crippen LogP contribution in [-0.2, 0) is 6.54 Å². The molecule has 1 fully saturated rings. The molecule has 1 saturated heterocycles. The molecule has 5 heterocycles. The van der Waals surface area contributed by atoms with Gasteiger partial charge < -0.3 is 4.98 Å². The zero-order valence-corrected chi connectivity index (χ0v) is 22.5. The fraction of sp³-hybridized carbons (Fsp3) is 0.233. The number of rotatable bonds is 6. The van der Waals surface area contributed by atoms with Crippen LogP contribution >= 0.6 is 11.3 Å². The van der Waals surface area contributed by atoms with Crippen LogP contribution in [0, 0.1) is 6.92 Å². The second kappa shape index (κ2) is 10.2. The highest BCUT2D eigenvalue weighted by molar-refractivity contribution is 7.14. The van der Waals surface area contributed by atoms with Crippen LogP contribution in [0.3, 0.4) is 0 Å². The summed E-state index contributed by atoms with van der Waals surface area (Å²) >= 11 is 1.56. The van der Waals surface area contributed by atoms with Gasteiger partial charge in [-0.3, -0.25) is 4.90 Å². The van der Waals surface area contributed by atoms with Crippen molar-refractivity contribution in [2.45, 2.75) is 32.2 Å². The molecule has 0 bridgehead atoms. The largest absolute Gasteiger partial charge is 0.323 e. The summed E-state index contributed by atoms with van der Waals surface area (Å²) in [7, 11) is 0. The quantitative estimate of drug-likeness (QED) is 0.283. The lowest BCUT2D eigenvalue weighted by Crippen LogP contribution is -2.32. The Kier molecular flexibility index (Phi) is 6.22. The first kappa shape index (κ1) is 23.9. The number of hydrogen-bond donors (Lipinski definition) is 1. The lowest BCUT2D eigenvalue weighted by atomic mass is 9.95. The van der Waals surface area contributed by atoms with Crippen molar-refractivity contribution in [1.82, 2.24) is 39.7 Å². The van der Waals surface area contributed by atoms with Crippen molar-refractivity contribution >= 4 is 16.3 Å². The minimum Gasteiger partial charge on any atom is -0.323 e. The molecule has 0 amide bonds. The molecule has 8 nitrogen and oxygen atoms in total. The molecule has 0 radical (unpaired) electrons. The van der Waals surface area contributed by atoms with Gasteiger partial charge in [-0.05, 0) is 50.6 Å². The van der Waals surface area contributed by atoms with Crippen molar-refractivity contribution in [1.29, 1.82) is 0 Å². The first-order valence-corrected chi connectivity index (χ1v) is 14.2. The second-order valence-electron chi connectivity index (χ2n) is 10.1. The monoisotopic (exact) mass is 532 g/mol. The highest BCUT2D eigenvalue weighted by Crippen LogP contribution is 2.34. The molecule has 0 aliphatic carbocycles. The number of fused-ring (bicyclic) bond motifs is 1. The zero-order valence-electron chi connectivity index (χ0n) is 21.7. The lowest BCUT2D eigenvalue weighted by molar-refractivity contribution is 0.202. The van der Waals surface area contributed by atoms with Gasteiger partial charge in [-0.15, -0.1) is 10.2 Å². The third kappa shape index (κ3) is 4.75. The normalized spacial score (nSPS) is 14.8. The number of benzene rings is 2. The fourth-order valence-electron chi connectivity index (χ4n) is 5.39. The second-order valence-corrected chi connectivity index (χ2v) is 10.9. The summed E-state index contributed by atoms with van der Waals surface area (Å²) in [4.78, 5) is 16.3. The van der Waals surface area contributed by atoms with Crippen LogP contribution < -0.4 is 0 Å². The average Bonchev–Trinajstić information content (AvgIpc) is 3.72. The summed E-state index contributed by atoms with van der Waals surface area (Å²) in [5.41, 5.74) is 9.21. The molecule has 1 aliphatic heterocycles. The van der Waals surface area contributed by atoms with E-state index in [2.05, 4.69) is 78.7 Å². The maximum absolute atomic E-state index is 4.89. The van der Waals surface area contributed by atoms with Crippen molar-refractivity contribution in [2.24, 2.45) is 0 Å². The summed E-state index contributed by atoms with van der Waals surface area (Å²) < 4.78 is 1.96. The summed E-state index contributed by atoms with van der Waals surface area (Å²) in [6.45, 7) is 4.99. The van der Waals surface area contributed by atoms with Gasteiger partial charge in [0.1, 0.15) is 28.4 Å². The molecule has 7 rings (SSSR count). The van der Waals surface area contributed by atoms with Crippen molar-refractivity contribution < 1.29 is 0 Å². The molecule has 0 saturated carbocycles. The maximum Gasteiger partial charge on any atom is 0.213 e. The number of nitrogens with one attached hydrogen (secondary N) is 1. The number of H-pyrrole nitrogens is 1. The minimum absolute atomic E-state index is 0.397. The predicted octanol–water partition coefficient (Wildman–Crippen LogP) is 5.99. The summed E-state index contributed by atoms with van der Waals surface area (Å²) in [5.74, 6) is 2.12. The van der Waals surface area contributed by atoms with Crippen molar-refractivity contribution in [3.63, 3.8) is 0 Å². The molecule has 0 spiro atoms. The van der Waals surface area contributed by atoms with E-state index in [-0.39, 0.29) is 0 Å². The van der Waals surface area contributed by atoms with E-state index >= 15 is 0 Å². The van der Waals surface area contributed by atoms with Gasteiger partial charge in [-0.1, -0.05) is 72.0 Å². The number of hydrogen-bond acceptors (Lipinski definition) is 7. The smallest absolute Gasteiger partial charge is 0.213 e. The standard InChI is InChI=1S/C30H28N8S/c1-20-6-5-9-25(32-20)29-34-28(35-36-29)24-14-16-37(17-15-24)18-21-10-12-23(13-11-21)27-26(22-7-3-2-4-8-22)33-30-38(27)31-19-39-30/h2-13,19,24H,14-18H2,1H3,(H,34,35,36). The molecule has 2 aromatic carbocycles. The van der Waals surface area contributed by atoms with E-state index in [4.69, 9.17) is 4.98 Å². The van der Waals surface area contributed by atoms with Gasteiger partial charge in [-0.25, -0.2) is 14.5 Å². The fourth-order valence-corrected chi connectivity index (χ4v) is 6.01. The molecule has 1 N–H and O–H groups in total. The number of likely N-dealkylation sites (tertiary alicyclic amines) is 1. The number of nitrogens with zero attached hydrogens (tertiary/aromatic N) is 7. The Bertz CT molecular complexity index is 1710. The van der Waals surface area contributed by atoms with Crippen molar-refractivity contribution in [3.8, 4) is 34.0 Å². The predicted molar refractivity (Wildman–Crippen MR) is 153 cm³/mol. The van der Waals surface area contributed by atoms with E-state index in [9.17, 15) is 0 Å². The van der Waals surface area contributed by atoms with E-state index in [0.717, 1.165) is 83.0 Å². The van der Waals surface area contributed by atoms with Gasteiger partial charge >= 0.3 is 0 Å². The number of aryl methyl sites for hydroxylation is 1. The van der Waals surface area contributed by atoms with Gasteiger partial charge in [0.25, 0.3) is 0 Å². The van der Waals surface area contributed by atoms with Gasteiger partial charge in [0, 0.05) is 29.3 Å². The number of pyridine rings is 1. The van der Waals surface area contributed by atoms with Crippen LogP contribution in [0.4, 0.5) is 0 Å². The van der Waals surface area contributed by atoms with Crippen LogP contribution in [0.15, 0.2) is 78.3 Å². The Morgan fingerprint density at radius 3 is 2.49 bits per heavy atom. The Balaban J connectivity index is 1.03. The Labute approximate surface area is 230 Å². The molecule has 1 aliphatic rings. The van der Waals surface area contributed by atoms with Crippen LogP contribution in [0.1, 0.15) is 35.8 Å². The van der Waals surface area contributed by atoms with Crippen LogP contribution in [0.2, 0.25) is 0 Å². The van der Waals surface area contributed by atoms with E-state index in [1.807, 2.05) is 41.2 Å². The van der Waals surface area contributed by atoms with Crippen LogP contribution in [0.25, 0.3) is 39.0 Å². The van der Waals surface area contributed by atoms with Gasteiger partial charge in [-0.2, -0.15) is 5.10 Å². The molecule has 194 valence electrons. The molecule has 0 unspecified atom stereocenters. The summed E-state index contributed by atoms with van der Waals surface area (Å²) in [5, 5.41) is 13.4. The number of aromatic amines is 1. The molecule has 39 heavy (non-hydrogen) atoms. The van der Waals surface area contributed by atoms with E-state index in [1.54, 1.807) is 11.3 Å². The topological polar surface area (TPSA) is 87.9 Å². The third-order valence-corrected chi connectivity index (χ3v) is 8.11. The van der Waals surface area contributed by atoms with Gasteiger partial charge in [0.05, 0.1) is 0 Å². The maximum atomic E-state index is 4.89. The third-order valence-electron chi connectivity index (χ3n) is 7.44. The number of aromatic nitrogens is 7. The van der Waals surface area contributed by atoms with Gasteiger partial charge in [0.2, 0.25) is 4.96 Å². The number of imidazole rings is 1.